The van der Waals surface area contributed by atoms with Crippen LogP contribution in [0.2, 0.25) is 0 Å². The van der Waals surface area contributed by atoms with Gasteiger partial charge in [-0.05, 0) is 34.9 Å². The molecule has 1 heteroatoms. The lowest BCUT2D eigenvalue weighted by Gasteiger charge is -2.35. The molecule has 0 heterocycles. The molecule has 2 rings (SSSR count). The first kappa shape index (κ1) is 9.01. The molecule has 1 aromatic rings. The second kappa shape index (κ2) is 2.98. The number of rotatable bonds is 0. The van der Waals surface area contributed by atoms with Crippen molar-refractivity contribution in [3.63, 3.8) is 0 Å². The Morgan fingerprint density at radius 2 is 2.00 bits per heavy atom. The van der Waals surface area contributed by atoms with Gasteiger partial charge in [-0.3, -0.25) is 0 Å². The molecule has 1 aliphatic rings. The molecule has 0 fully saturated rings. The second-order valence-electron chi connectivity index (χ2n) is 4.91. The summed E-state index contributed by atoms with van der Waals surface area (Å²) in [7, 11) is 1.31. The molecule has 1 unspecified atom stereocenters. The van der Waals surface area contributed by atoms with Gasteiger partial charge in [0.1, 0.15) is 0 Å². The largest absolute Gasteiger partial charge is 0.0620 e. The maximum atomic E-state index is 2.37. The van der Waals surface area contributed by atoms with Crippen molar-refractivity contribution >= 4 is 10.2 Å². The van der Waals surface area contributed by atoms with Crippen LogP contribution in [0.15, 0.2) is 24.3 Å². The summed E-state index contributed by atoms with van der Waals surface area (Å²) in [5.74, 6) is 0. The van der Waals surface area contributed by atoms with E-state index in [0.717, 1.165) is 5.54 Å². The Hall–Kier alpha value is -0.563. The summed E-state index contributed by atoms with van der Waals surface area (Å²) in [6.07, 6.45) is 2.76. The van der Waals surface area contributed by atoms with E-state index in [1.807, 2.05) is 0 Å². The molecule has 1 atom stereocenters. The molecule has 0 aliphatic heterocycles. The third-order valence-corrected chi connectivity index (χ3v) is 4.62. The number of fused-ring (bicyclic) bond motifs is 1. The van der Waals surface area contributed by atoms with E-state index in [4.69, 9.17) is 0 Å². The van der Waals surface area contributed by atoms with E-state index < -0.39 is 0 Å². The smallest absolute Gasteiger partial charge is 0.0123 e. The van der Waals surface area contributed by atoms with Crippen LogP contribution in [0.1, 0.15) is 43.4 Å². The van der Waals surface area contributed by atoms with Crippen LogP contribution in [-0.4, -0.2) is 10.2 Å². The van der Waals surface area contributed by atoms with Gasteiger partial charge in [-0.1, -0.05) is 38.1 Å². The van der Waals surface area contributed by atoms with E-state index in [-0.39, 0.29) is 0 Å². The third kappa shape index (κ3) is 1.46. The van der Waals surface area contributed by atoms with Gasteiger partial charge in [0, 0.05) is 10.2 Å². The SMILES string of the molecule is CC1(C)CCC([SiH3])c2ccccc21. The molecule has 0 spiro atoms. The van der Waals surface area contributed by atoms with Crippen LogP contribution in [-0.2, 0) is 5.41 Å². The molecule has 0 amide bonds. The van der Waals surface area contributed by atoms with Crippen molar-refractivity contribution in [2.24, 2.45) is 0 Å². The minimum atomic E-state index is 0.414. The molecule has 0 nitrogen and oxygen atoms in total. The molecule has 13 heavy (non-hydrogen) atoms. The quantitative estimate of drug-likeness (QED) is 0.550. The molecule has 70 valence electrons. The predicted molar refractivity (Wildman–Crippen MR) is 61.4 cm³/mol. The van der Waals surface area contributed by atoms with Crippen molar-refractivity contribution in [2.45, 2.75) is 37.6 Å². The van der Waals surface area contributed by atoms with Gasteiger partial charge in [0.2, 0.25) is 0 Å². The fourth-order valence-electron chi connectivity index (χ4n) is 2.41. The van der Waals surface area contributed by atoms with Gasteiger partial charge in [0.25, 0.3) is 0 Å². The molecule has 1 aromatic carbocycles. The summed E-state index contributed by atoms with van der Waals surface area (Å²) < 4.78 is 0. The minimum Gasteiger partial charge on any atom is -0.0620 e. The first-order chi connectivity index (χ1) is 6.11. The summed E-state index contributed by atoms with van der Waals surface area (Å²) in [5.41, 5.74) is 4.54. The Bertz CT molecular complexity index is 315. The molecular weight excluding hydrogens is 172 g/mol. The average Bonchev–Trinajstić information content (AvgIpc) is 2.13. The highest BCUT2D eigenvalue weighted by Crippen LogP contribution is 2.40. The van der Waals surface area contributed by atoms with Crippen LogP contribution < -0.4 is 0 Å². The molecule has 0 saturated carbocycles. The number of hydrogen-bond acceptors (Lipinski definition) is 0. The van der Waals surface area contributed by atoms with E-state index in [0.29, 0.717) is 5.41 Å². The molecule has 0 N–H and O–H groups in total. The fourth-order valence-corrected chi connectivity index (χ4v) is 3.20. The summed E-state index contributed by atoms with van der Waals surface area (Å²) >= 11 is 0. The number of hydrogen-bond donors (Lipinski definition) is 0. The van der Waals surface area contributed by atoms with Crippen LogP contribution in [0.25, 0.3) is 0 Å². The lowest BCUT2D eigenvalue weighted by Crippen LogP contribution is -2.26. The lowest BCUT2D eigenvalue weighted by atomic mass is 9.72. The predicted octanol–water partition coefficient (Wildman–Crippen LogP) is 2.16. The maximum Gasteiger partial charge on any atom is 0.0123 e. The Labute approximate surface area is 83.8 Å². The van der Waals surface area contributed by atoms with Crippen LogP contribution >= 0.6 is 0 Å². The molecule has 0 radical (unpaired) electrons. The van der Waals surface area contributed by atoms with Crippen LogP contribution in [0.4, 0.5) is 0 Å². The van der Waals surface area contributed by atoms with Crippen LogP contribution in [0.3, 0.4) is 0 Å². The highest BCUT2D eigenvalue weighted by atomic mass is 28.1. The monoisotopic (exact) mass is 190 g/mol. The molecule has 0 bridgehead atoms. The van der Waals surface area contributed by atoms with E-state index in [1.165, 1.54) is 23.1 Å². The van der Waals surface area contributed by atoms with Crippen molar-refractivity contribution < 1.29 is 0 Å². The first-order valence-electron chi connectivity index (χ1n) is 5.21. The van der Waals surface area contributed by atoms with Crippen molar-refractivity contribution in [3.8, 4) is 0 Å². The van der Waals surface area contributed by atoms with Gasteiger partial charge >= 0.3 is 0 Å². The molecule has 0 aromatic heterocycles. The standard InChI is InChI=1S/C12H18Si/c1-12(2)8-7-11(13)9-5-3-4-6-10(9)12/h3-6,11H,7-8H2,1-2,13H3. The minimum absolute atomic E-state index is 0.414. The third-order valence-electron chi connectivity index (χ3n) is 3.42. The summed E-state index contributed by atoms with van der Waals surface area (Å²) in [4.78, 5) is 0. The van der Waals surface area contributed by atoms with E-state index >= 15 is 0 Å². The van der Waals surface area contributed by atoms with Crippen molar-refractivity contribution in [1.29, 1.82) is 0 Å². The van der Waals surface area contributed by atoms with Crippen molar-refractivity contribution in [2.75, 3.05) is 0 Å². The summed E-state index contributed by atoms with van der Waals surface area (Å²) in [5, 5.41) is 0. The van der Waals surface area contributed by atoms with Crippen molar-refractivity contribution in [1.82, 2.24) is 0 Å². The second-order valence-corrected chi connectivity index (χ2v) is 6.30. The Balaban J connectivity index is 2.55. The first-order valence-corrected chi connectivity index (χ1v) is 6.36. The van der Waals surface area contributed by atoms with Crippen molar-refractivity contribution in [3.05, 3.63) is 35.4 Å². The van der Waals surface area contributed by atoms with Gasteiger partial charge in [-0.25, -0.2) is 0 Å². The van der Waals surface area contributed by atoms with E-state index in [1.54, 1.807) is 11.1 Å². The Morgan fingerprint density at radius 1 is 1.31 bits per heavy atom. The molecule has 0 saturated heterocycles. The van der Waals surface area contributed by atoms with Gasteiger partial charge in [0.15, 0.2) is 0 Å². The van der Waals surface area contributed by atoms with Crippen LogP contribution in [0.5, 0.6) is 0 Å². The lowest BCUT2D eigenvalue weighted by molar-refractivity contribution is 0.426. The maximum absolute atomic E-state index is 2.37. The van der Waals surface area contributed by atoms with Crippen LogP contribution in [0, 0.1) is 0 Å². The molecule has 1 aliphatic carbocycles. The van der Waals surface area contributed by atoms with E-state index in [2.05, 4.69) is 38.1 Å². The molecular formula is C12H18Si. The Kier molecular flexibility index (Phi) is 2.07. The topological polar surface area (TPSA) is 0 Å². The van der Waals surface area contributed by atoms with Gasteiger partial charge < -0.3 is 0 Å². The van der Waals surface area contributed by atoms with E-state index in [9.17, 15) is 0 Å². The Morgan fingerprint density at radius 3 is 2.69 bits per heavy atom. The number of benzene rings is 1. The summed E-state index contributed by atoms with van der Waals surface area (Å²) in [6.45, 7) is 4.75. The zero-order valence-corrected chi connectivity index (χ0v) is 10.8. The van der Waals surface area contributed by atoms with Gasteiger partial charge in [-0.2, -0.15) is 0 Å². The van der Waals surface area contributed by atoms with Gasteiger partial charge in [-0.15, -0.1) is 0 Å². The highest BCUT2D eigenvalue weighted by molar-refractivity contribution is 6.12. The fraction of sp³-hybridized carbons (Fsp3) is 0.500. The average molecular weight is 190 g/mol. The highest BCUT2D eigenvalue weighted by Gasteiger charge is 2.29. The van der Waals surface area contributed by atoms with Gasteiger partial charge in [0.05, 0.1) is 0 Å². The summed E-state index contributed by atoms with van der Waals surface area (Å²) in [6, 6.07) is 9.01. The zero-order valence-electron chi connectivity index (χ0n) is 8.80. The normalized spacial score (nSPS) is 25.5. The zero-order chi connectivity index (χ0) is 9.47.